The number of nitrogens with zero attached hydrogens (tertiary/aromatic N) is 1. The third-order valence-electron chi connectivity index (χ3n) is 3.66. The van der Waals surface area contributed by atoms with Crippen LogP contribution < -0.4 is 5.32 Å². The van der Waals surface area contributed by atoms with E-state index in [1.54, 1.807) is 0 Å². The zero-order valence-corrected chi connectivity index (χ0v) is 11.8. The van der Waals surface area contributed by atoms with Crippen LogP contribution >= 0.6 is 11.6 Å². The molecule has 2 aromatic rings. The molecule has 3 heteroatoms. The fourth-order valence-corrected chi connectivity index (χ4v) is 2.52. The van der Waals surface area contributed by atoms with Crippen LogP contribution in [0.2, 0.25) is 5.02 Å². The molecule has 100 valence electrons. The Kier molecular flexibility index (Phi) is 3.62. The summed E-state index contributed by atoms with van der Waals surface area (Å²) in [7, 11) is 0. The summed E-state index contributed by atoms with van der Waals surface area (Å²) in [6.45, 7) is 0. The van der Waals surface area contributed by atoms with E-state index in [0.29, 0.717) is 17.5 Å². The maximum atomic E-state index is 8.83. The van der Waals surface area contributed by atoms with Gasteiger partial charge in [-0.3, -0.25) is 0 Å². The van der Waals surface area contributed by atoms with Gasteiger partial charge >= 0.3 is 0 Å². The minimum Gasteiger partial charge on any atom is -0.378 e. The quantitative estimate of drug-likeness (QED) is 0.876. The number of halogens is 1. The number of nitriles is 1. The molecule has 1 aliphatic rings. The van der Waals surface area contributed by atoms with E-state index in [2.05, 4.69) is 23.5 Å². The minimum absolute atomic E-state index is 0.320. The lowest BCUT2D eigenvalue weighted by molar-refractivity contribution is 0.679. The van der Waals surface area contributed by atoms with Crippen molar-refractivity contribution in [3.8, 4) is 6.07 Å². The summed E-state index contributed by atoms with van der Waals surface area (Å²) < 4.78 is 0. The molecule has 0 spiro atoms. The number of anilines is 1. The standard InChI is InChI=1S/C17H15ClN2/c18-15-7-5-14(6-8-15)17(13-3-4-13)20-16-9-1-12(11-19)2-10-16/h1-2,5-10,13,17,20H,3-4H2. The zero-order chi connectivity index (χ0) is 13.9. The van der Waals surface area contributed by atoms with Crippen molar-refractivity contribution in [2.24, 2.45) is 5.92 Å². The van der Waals surface area contributed by atoms with Gasteiger partial charge in [-0.1, -0.05) is 23.7 Å². The molecule has 3 rings (SSSR count). The second-order valence-corrected chi connectivity index (χ2v) is 5.64. The van der Waals surface area contributed by atoms with Crippen molar-refractivity contribution < 1.29 is 0 Å². The van der Waals surface area contributed by atoms with Crippen molar-refractivity contribution in [1.82, 2.24) is 0 Å². The molecule has 1 atom stereocenters. The zero-order valence-electron chi connectivity index (χ0n) is 11.0. The summed E-state index contributed by atoms with van der Waals surface area (Å²) in [6.07, 6.45) is 2.52. The van der Waals surface area contributed by atoms with Crippen LogP contribution in [-0.2, 0) is 0 Å². The average molecular weight is 283 g/mol. The molecule has 0 amide bonds. The van der Waals surface area contributed by atoms with Gasteiger partial charge in [0, 0.05) is 10.7 Å². The molecule has 2 aromatic carbocycles. The Morgan fingerprint density at radius 2 is 1.70 bits per heavy atom. The number of hydrogen-bond donors (Lipinski definition) is 1. The van der Waals surface area contributed by atoms with Gasteiger partial charge in [-0.2, -0.15) is 5.26 Å². The van der Waals surface area contributed by atoms with Gasteiger partial charge in [-0.05, 0) is 60.7 Å². The molecule has 0 radical (unpaired) electrons. The van der Waals surface area contributed by atoms with E-state index in [1.165, 1.54) is 18.4 Å². The molecule has 0 aromatic heterocycles. The third-order valence-corrected chi connectivity index (χ3v) is 3.91. The van der Waals surface area contributed by atoms with Crippen molar-refractivity contribution >= 4 is 17.3 Å². The summed E-state index contributed by atoms with van der Waals surface area (Å²) in [6, 6.07) is 18.1. The molecule has 2 nitrogen and oxygen atoms in total. The molecule has 1 N–H and O–H groups in total. The van der Waals surface area contributed by atoms with Gasteiger partial charge in [-0.15, -0.1) is 0 Å². The summed E-state index contributed by atoms with van der Waals surface area (Å²) in [4.78, 5) is 0. The smallest absolute Gasteiger partial charge is 0.0991 e. The van der Waals surface area contributed by atoms with Crippen molar-refractivity contribution in [2.75, 3.05) is 5.32 Å². The molecule has 1 saturated carbocycles. The Morgan fingerprint density at radius 3 is 2.25 bits per heavy atom. The van der Waals surface area contributed by atoms with E-state index in [-0.39, 0.29) is 0 Å². The highest BCUT2D eigenvalue weighted by molar-refractivity contribution is 6.30. The van der Waals surface area contributed by atoms with Gasteiger partial charge in [0.2, 0.25) is 0 Å². The monoisotopic (exact) mass is 282 g/mol. The van der Waals surface area contributed by atoms with E-state index >= 15 is 0 Å². The fraction of sp³-hybridized carbons (Fsp3) is 0.235. The van der Waals surface area contributed by atoms with Gasteiger partial charge in [0.05, 0.1) is 17.7 Å². The predicted molar refractivity (Wildman–Crippen MR) is 81.7 cm³/mol. The first-order chi connectivity index (χ1) is 9.76. The van der Waals surface area contributed by atoms with Crippen LogP contribution in [-0.4, -0.2) is 0 Å². The average Bonchev–Trinajstić information content (AvgIpc) is 3.31. The van der Waals surface area contributed by atoms with Crippen molar-refractivity contribution in [3.63, 3.8) is 0 Å². The van der Waals surface area contributed by atoms with E-state index in [4.69, 9.17) is 16.9 Å². The van der Waals surface area contributed by atoms with Crippen molar-refractivity contribution in [3.05, 3.63) is 64.7 Å². The molecule has 20 heavy (non-hydrogen) atoms. The highest BCUT2D eigenvalue weighted by Gasteiger charge is 2.32. The number of hydrogen-bond acceptors (Lipinski definition) is 2. The molecular formula is C17H15ClN2. The highest BCUT2D eigenvalue weighted by atomic mass is 35.5. The van der Waals surface area contributed by atoms with Crippen LogP contribution in [0.1, 0.15) is 30.0 Å². The Bertz CT molecular complexity index is 622. The van der Waals surface area contributed by atoms with Gasteiger partial charge in [0.15, 0.2) is 0 Å². The van der Waals surface area contributed by atoms with Crippen LogP contribution in [0.3, 0.4) is 0 Å². The van der Waals surface area contributed by atoms with E-state index in [1.807, 2.05) is 36.4 Å². The van der Waals surface area contributed by atoms with Crippen LogP contribution in [0.5, 0.6) is 0 Å². The Balaban J connectivity index is 1.80. The summed E-state index contributed by atoms with van der Waals surface area (Å²) in [5.41, 5.74) is 3.00. The molecule has 0 aliphatic heterocycles. The van der Waals surface area contributed by atoms with Crippen LogP contribution in [0.4, 0.5) is 5.69 Å². The van der Waals surface area contributed by atoms with Crippen LogP contribution in [0.15, 0.2) is 48.5 Å². The Labute approximate surface area is 124 Å². The van der Waals surface area contributed by atoms with Crippen molar-refractivity contribution in [2.45, 2.75) is 18.9 Å². The lowest BCUT2D eigenvalue weighted by Crippen LogP contribution is -2.12. The summed E-state index contributed by atoms with van der Waals surface area (Å²) in [5, 5.41) is 13.2. The second kappa shape index (κ2) is 5.56. The SMILES string of the molecule is N#Cc1ccc(NC(c2ccc(Cl)cc2)C2CC2)cc1. The normalized spacial score (nSPS) is 15.4. The summed E-state index contributed by atoms with van der Waals surface area (Å²) >= 11 is 5.95. The van der Waals surface area contributed by atoms with E-state index in [9.17, 15) is 0 Å². The molecule has 0 bridgehead atoms. The molecule has 0 saturated heterocycles. The van der Waals surface area contributed by atoms with Gasteiger partial charge in [0.1, 0.15) is 0 Å². The topological polar surface area (TPSA) is 35.8 Å². The van der Waals surface area contributed by atoms with E-state index < -0.39 is 0 Å². The lowest BCUT2D eigenvalue weighted by atomic mass is 10.0. The Hall–Kier alpha value is -1.98. The van der Waals surface area contributed by atoms with Gasteiger partial charge in [-0.25, -0.2) is 0 Å². The molecule has 1 fully saturated rings. The first-order valence-corrected chi connectivity index (χ1v) is 7.16. The molecule has 0 heterocycles. The van der Waals surface area contributed by atoms with E-state index in [0.717, 1.165) is 10.7 Å². The predicted octanol–water partition coefficient (Wildman–Crippen LogP) is 4.77. The van der Waals surface area contributed by atoms with Crippen molar-refractivity contribution in [1.29, 1.82) is 5.26 Å². The molecule has 1 unspecified atom stereocenters. The van der Waals surface area contributed by atoms with Gasteiger partial charge < -0.3 is 5.32 Å². The largest absolute Gasteiger partial charge is 0.378 e. The maximum absolute atomic E-state index is 8.83. The fourth-order valence-electron chi connectivity index (χ4n) is 2.39. The number of rotatable bonds is 4. The van der Waals surface area contributed by atoms with Crippen LogP contribution in [0.25, 0.3) is 0 Å². The first kappa shape index (κ1) is 13.0. The second-order valence-electron chi connectivity index (χ2n) is 5.20. The van der Waals surface area contributed by atoms with Crippen LogP contribution in [0, 0.1) is 17.2 Å². The highest BCUT2D eigenvalue weighted by Crippen LogP contribution is 2.43. The minimum atomic E-state index is 0.320. The molecule has 1 aliphatic carbocycles. The third kappa shape index (κ3) is 2.95. The first-order valence-electron chi connectivity index (χ1n) is 6.78. The lowest BCUT2D eigenvalue weighted by Gasteiger charge is -2.20. The summed E-state index contributed by atoms with van der Waals surface area (Å²) in [5.74, 6) is 0.687. The van der Waals surface area contributed by atoms with Gasteiger partial charge in [0.25, 0.3) is 0 Å². The number of benzene rings is 2. The maximum Gasteiger partial charge on any atom is 0.0991 e. The Morgan fingerprint density at radius 1 is 1.05 bits per heavy atom. The number of nitrogens with one attached hydrogen (secondary N) is 1. The molecular weight excluding hydrogens is 268 g/mol.